The number of unbranched alkanes of at least 4 members (excludes halogenated alkanes) is 24. The van der Waals surface area contributed by atoms with Crippen LogP contribution in [0.2, 0.25) is 0 Å². The van der Waals surface area contributed by atoms with Crippen molar-refractivity contribution in [2.75, 3.05) is 13.2 Å². The normalized spacial score (nSPS) is 11.7. The SMILES string of the molecule is CCCCCCCCC/C=C/CCCCCCCOC(=O)c1ccc(S(=O)(=O)[O-])cc1C(=O)OCCCCCCC/C=C/CCCCCCCCC.[K+]. The number of ether oxygens (including phenoxy) is 2. The molecular formula is C44H73KO7S. The zero-order valence-corrected chi connectivity index (χ0v) is 38.0. The first kappa shape index (κ1) is 52.2. The third kappa shape index (κ3) is 30.1. The quantitative estimate of drug-likeness (QED) is 0.0222. The van der Waals surface area contributed by atoms with Gasteiger partial charge in [0.05, 0.1) is 29.2 Å². The van der Waals surface area contributed by atoms with Gasteiger partial charge >= 0.3 is 63.3 Å². The fraction of sp³-hybridized carbons (Fsp3) is 0.727. The maximum atomic E-state index is 12.9. The molecule has 0 aliphatic heterocycles. The van der Waals surface area contributed by atoms with E-state index >= 15 is 0 Å². The summed E-state index contributed by atoms with van der Waals surface area (Å²) in [7, 11) is -4.82. The minimum atomic E-state index is -4.82. The van der Waals surface area contributed by atoms with Crippen LogP contribution >= 0.6 is 0 Å². The molecule has 0 spiro atoms. The maximum absolute atomic E-state index is 12.9. The van der Waals surface area contributed by atoms with Gasteiger partial charge in [-0.05, 0) is 82.4 Å². The maximum Gasteiger partial charge on any atom is 1.00 e. The summed E-state index contributed by atoms with van der Waals surface area (Å²) in [4.78, 5) is 25.2. The van der Waals surface area contributed by atoms with Crippen LogP contribution in [0.1, 0.15) is 214 Å². The monoisotopic (exact) mass is 784 g/mol. The Hall–Kier alpha value is -0.814. The molecule has 0 N–H and O–H groups in total. The molecule has 0 aliphatic carbocycles. The summed E-state index contributed by atoms with van der Waals surface area (Å²) in [5.41, 5.74) is -0.356. The Morgan fingerprint density at radius 2 is 0.830 bits per heavy atom. The van der Waals surface area contributed by atoms with Crippen molar-refractivity contribution in [2.24, 2.45) is 0 Å². The largest absolute Gasteiger partial charge is 1.00 e. The van der Waals surface area contributed by atoms with Gasteiger partial charge in [0.15, 0.2) is 0 Å². The van der Waals surface area contributed by atoms with Crippen molar-refractivity contribution in [3.05, 3.63) is 53.6 Å². The summed E-state index contributed by atoms with van der Waals surface area (Å²) < 4.78 is 45.7. The minimum absolute atomic E-state index is 0. The molecule has 0 unspecified atom stereocenters. The van der Waals surface area contributed by atoms with E-state index in [1.54, 1.807) is 0 Å². The summed E-state index contributed by atoms with van der Waals surface area (Å²) in [6.45, 7) is 4.84. The van der Waals surface area contributed by atoms with Gasteiger partial charge in [0.1, 0.15) is 10.1 Å². The second-order valence-electron chi connectivity index (χ2n) is 14.3. The number of allylic oxidation sites excluding steroid dienone is 4. The number of esters is 2. The van der Waals surface area contributed by atoms with Gasteiger partial charge in [-0.25, -0.2) is 18.0 Å². The van der Waals surface area contributed by atoms with Gasteiger partial charge < -0.3 is 14.0 Å². The fourth-order valence-corrected chi connectivity index (χ4v) is 6.71. The van der Waals surface area contributed by atoms with E-state index in [1.807, 2.05) is 0 Å². The van der Waals surface area contributed by atoms with Crippen molar-refractivity contribution < 1.29 is 83.4 Å². The molecule has 0 amide bonds. The van der Waals surface area contributed by atoms with E-state index in [4.69, 9.17) is 9.47 Å². The first-order valence-corrected chi connectivity index (χ1v) is 22.5. The van der Waals surface area contributed by atoms with Crippen molar-refractivity contribution in [1.29, 1.82) is 0 Å². The van der Waals surface area contributed by atoms with E-state index in [2.05, 4.69) is 38.2 Å². The van der Waals surface area contributed by atoms with Crippen molar-refractivity contribution >= 4 is 22.1 Å². The average Bonchev–Trinajstić information content (AvgIpc) is 3.13. The van der Waals surface area contributed by atoms with Gasteiger partial charge in [-0.15, -0.1) is 0 Å². The van der Waals surface area contributed by atoms with Crippen molar-refractivity contribution in [3.63, 3.8) is 0 Å². The molecule has 0 saturated heterocycles. The molecule has 1 aromatic carbocycles. The van der Waals surface area contributed by atoms with E-state index < -0.39 is 27.0 Å². The van der Waals surface area contributed by atoms with Crippen LogP contribution in [0.15, 0.2) is 47.4 Å². The smallest absolute Gasteiger partial charge is 0.744 e. The van der Waals surface area contributed by atoms with Crippen molar-refractivity contribution in [3.8, 4) is 0 Å². The summed E-state index contributed by atoms with van der Waals surface area (Å²) in [6.07, 6.45) is 42.2. The van der Waals surface area contributed by atoms with Gasteiger partial charge in [-0.3, -0.25) is 0 Å². The summed E-state index contributed by atoms with van der Waals surface area (Å²) in [5.74, 6) is -1.57. The third-order valence-corrected chi connectivity index (χ3v) is 10.3. The van der Waals surface area contributed by atoms with Crippen molar-refractivity contribution in [1.82, 2.24) is 0 Å². The van der Waals surface area contributed by atoms with Crippen LogP contribution in [0, 0.1) is 0 Å². The number of carbonyl (C=O) groups excluding carboxylic acids is 2. The number of benzene rings is 1. The summed E-state index contributed by atoms with van der Waals surface area (Å²) in [5, 5.41) is 0. The Morgan fingerprint density at radius 1 is 0.509 bits per heavy atom. The predicted molar refractivity (Wildman–Crippen MR) is 214 cm³/mol. The second-order valence-corrected chi connectivity index (χ2v) is 15.7. The Bertz CT molecular complexity index is 1210. The molecule has 0 saturated carbocycles. The van der Waals surface area contributed by atoms with Crippen LogP contribution in [-0.2, 0) is 19.6 Å². The first-order chi connectivity index (χ1) is 25.3. The molecular weight excluding hydrogens is 712 g/mol. The molecule has 1 rings (SSSR count). The average molecular weight is 785 g/mol. The Morgan fingerprint density at radius 3 is 1.19 bits per heavy atom. The molecule has 1 aromatic rings. The number of hydrogen-bond donors (Lipinski definition) is 0. The van der Waals surface area contributed by atoms with E-state index in [-0.39, 0.29) is 75.7 Å². The van der Waals surface area contributed by atoms with Crippen LogP contribution in [-0.4, -0.2) is 38.1 Å². The Labute approximate surface area is 367 Å². The molecule has 9 heteroatoms. The molecule has 0 aliphatic rings. The Balaban J connectivity index is 0.0000270. The number of rotatable bonds is 35. The van der Waals surface area contributed by atoms with Crippen LogP contribution < -0.4 is 51.4 Å². The van der Waals surface area contributed by atoms with E-state index in [0.717, 1.165) is 82.4 Å². The second kappa shape index (κ2) is 36.8. The van der Waals surface area contributed by atoms with Crippen LogP contribution in [0.3, 0.4) is 0 Å². The molecule has 0 fully saturated rings. The molecule has 298 valence electrons. The molecule has 0 radical (unpaired) electrons. The van der Waals surface area contributed by atoms with Gasteiger partial charge in [0.2, 0.25) is 0 Å². The van der Waals surface area contributed by atoms with Crippen LogP contribution in [0.5, 0.6) is 0 Å². The third-order valence-electron chi connectivity index (χ3n) is 9.50. The molecule has 0 aromatic heterocycles. The standard InChI is InChI=1S/C44H74O7S.K/c1-3-5-7-9-11-13-15-17-19-21-23-25-27-29-31-33-37-50-43(45)41-36-35-40(52(47,48)49)39-42(41)44(46)51-38-34-32-30-28-26-24-22-20-18-16-14-12-10-8-6-4-2;/h19-22,35-36,39H,3-18,23-34,37-38H2,1-2H3,(H,47,48,49);/q;+1/p-1/b21-19+,22-20+;. The van der Waals surface area contributed by atoms with Gasteiger partial charge in [0.25, 0.3) is 0 Å². The van der Waals surface area contributed by atoms with E-state index in [0.29, 0.717) is 12.8 Å². The van der Waals surface area contributed by atoms with Gasteiger partial charge in [0, 0.05) is 0 Å². The molecule has 0 atom stereocenters. The van der Waals surface area contributed by atoms with Crippen LogP contribution in [0.4, 0.5) is 0 Å². The number of carbonyl (C=O) groups is 2. The summed E-state index contributed by atoms with van der Waals surface area (Å²) in [6, 6.07) is 3.11. The predicted octanol–water partition coefficient (Wildman–Crippen LogP) is 9.98. The Kier molecular flexibility index (Phi) is 36.2. The molecule has 0 heterocycles. The zero-order chi connectivity index (χ0) is 38.0. The zero-order valence-electron chi connectivity index (χ0n) is 34.0. The van der Waals surface area contributed by atoms with E-state index in [1.165, 1.54) is 103 Å². The van der Waals surface area contributed by atoms with Crippen molar-refractivity contribution in [2.45, 2.75) is 199 Å². The molecule has 0 bridgehead atoms. The topological polar surface area (TPSA) is 110 Å². The van der Waals surface area contributed by atoms with Crippen LogP contribution in [0.25, 0.3) is 0 Å². The van der Waals surface area contributed by atoms with Gasteiger partial charge in [-0.1, -0.05) is 154 Å². The summed E-state index contributed by atoms with van der Waals surface area (Å²) >= 11 is 0. The fourth-order valence-electron chi connectivity index (χ4n) is 6.21. The molecule has 53 heavy (non-hydrogen) atoms. The minimum Gasteiger partial charge on any atom is -0.744 e. The number of hydrogen-bond acceptors (Lipinski definition) is 7. The molecule has 7 nitrogen and oxygen atoms in total. The first-order valence-electron chi connectivity index (χ1n) is 21.0. The van der Waals surface area contributed by atoms with Gasteiger partial charge in [-0.2, -0.15) is 0 Å². The van der Waals surface area contributed by atoms with E-state index in [9.17, 15) is 22.6 Å².